The lowest BCUT2D eigenvalue weighted by atomic mass is 10.1. The summed E-state index contributed by atoms with van der Waals surface area (Å²) in [7, 11) is -3.84. The summed E-state index contributed by atoms with van der Waals surface area (Å²) in [6.07, 6.45) is -1.04. The number of nitrogens with one attached hydrogen (secondary N) is 1. The van der Waals surface area contributed by atoms with E-state index in [0.29, 0.717) is 22.5 Å². The average molecular weight is 582 g/mol. The Morgan fingerprint density at radius 1 is 1.10 bits per heavy atom. The van der Waals surface area contributed by atoms with Gasteiger partial charge in [-0.3, -0.25) is 9.59 Å². The van der Waals surface area contributed by atoms with Gasteiger partial charge in [-0.1, -0.05) is 54.9 Å². The molecule has 2 heterocycles. The minimum absolute atomic E-state index is 0.0520. The Balaban J connectivity index is 1.42. The average Bonchev–Trinajstić information content (AvgIpc) is 3.61. The van der Waals surface area contributed by atoms with Gasteiger partial charge in [0.1, 0.15) is 11.6 Å². The molecule has 208 valence electrons. The molecular weight excluding hydrogens is 554 g/mol. The van der Waals surface area contributed by atoms with Gasteiger partial charge in [0, 0.05) is 17.1 Å². The van der Waals surface area contributed by atoms with Gasteiger partial charge in [0.2, 0.25) is 11.8 Å². The van der Waals surface area contributed by atoms with Gasteiger partial charge in [-0.15, -0.1) is 0 Å². The molecule has 3 aromatic carbocycles. The van der Waals surface area contributed by atoms with Crippen LogP contribution < -0.4 is 5.32 Å². The Bertz CT molecular complexity index is 1610. The predicted molar refractivity (Wildman–Crippen MR) is 149 cm³/mol. The van der Waals surface area contributed by atoms with Gasteiger partial charge in [-0.25, -0.2) is 13.4 Å². The number of aliphatic hydroxyl groups is 1. The van der Waals surface area contributed by atoms with E-state index in [0.717, 1.165) is 0 Å². The molecule has 1 fully saturated rings. The number of benzene rings is 3. The van der Waals surface area contributed by atoms with Gasteiger partial charge in [-0.2, -0.15) is 0 Å². The molecule has 5 rings (SSSR count). The molecule has 4 aromatic rings. The Kier molecular flexibility index (Phi) is 7.93. The van der Waals surface area contributed by atoms with Crippen LogP contribution in [0.15, 0.2) is 88.2 Å². The Morgan fingerprint density at radius 2 is 1.82 bits per heavy atom. The maximum Gasteiger partial charge on any atom is 0.254 e. The van der Waals surface area contributed by atoms with Crippen LogP contribution in [0.4, 0.5) is 0 Å². The smallest absolute Gasteiger partial charge is 0.254 e. The van der Waals surface area contributed by atoms with Crippen molar-refractivity contribution in [3.63, 3.8) is 0 Å². The van der Waals surface area contributed by atoms with Crippen molar-refractivity contribution in [2.75, 3.05) is 6.54 Å². The first-order valence-corrected chi connectivity index (χ1v) is 14.8. The summed E-state index contributed by atoms with van der Waals surface area (Å²) in [5, 5.41) is 13.2. The minimum Gasteiger partial charge on any atom is -0.438 e. The molecule has 0 saturated carbocycles. The predicted octanol–water partition coefficient (Wildman–Crippen LogP) is 4.17. The number of sulfone groups is 1. The van der Waals surface area contributed by atoms with Crippen LogP contribution in [-0.4, -0.2) is 59.1 Å². The van der Waals surface area contributed by atoms with Crippen molar-refractivity contribution < 1.29 is 27.5 Å². The van der Waals surface area contributed by atoms with Crippen LogP contribution in [0.25, 0.3) is 11.1 Å². The number of rotatable bonds is 8. The molecule has 2 N–H and O–H groups in total. The summed E-state index contributed by atoms with van der Waals surface area (Å²) in [4.78, 5) is 32.9. The van der Waals surface area contributed by atoms with Crippen LogP contribution in [-0.2, 0) is 14.6 Å². The molecule has 0 aliphatic carbocycles. The van der Waals surface area contributed by atoms with E-state index >= 15 is 0 Å². The number of oxazole rings is 1. The van der Waals surface area contributed by atoms with Gasteiger partial charge in [-0.05, 0) is 55.3 Å². The number of likely N-dealkylation sites (tertiary alicyclic amines) is 1. The van der Waals surface area contributed by atoms with E-state index in [2.05, 4.69) is 10.3 Å². The second-order valence-corrected chi connectivity index (χ2v) is 12.4. The van der Waals surface area contributed by atoms with Gasteiger partial charge < -0.3 is 19.7 Å². The zero-order valence-corrected chi connectivity index (χ0v) is 23.2. The van der Waals surface area contributed by atoms with Gasteiger partial charge >= 0.3 is 0 Å². The standard InChI is InChI=1S/C29H28ClN3O6S/c1-2-22(26(34)28-32-23-13-6-7-14-25(23)39-28)31-27(35)24-16-21(40(37,38)20-11-4-3-5-12-20)17-33(24)29(36)18-9-8-10-19(30)15-18/h3-15,21-22,24,26,34H,2,16-17H2,1H3,(H,31,35)/t21-,22?,24+,26?/m1/s1. The number of carbonyl (C=O) groups excluding carboxylic acids is 2. The van der Waals surface area contributed by atoms with Gasteiger partial charge in [0.05, 0.1) is 16.2 Å². The zero-order chi connectivity index (χ0) is 28.4. The van der Waals surface area contributed by atoms with E-state index in [9.17, 15) is 23.1 Å². The molecule has 0 bridgehead atoms. The highest BCUT2D eigenvalue weighted by atomic mass is 35.5. The third-order valence-electron chi connectivity index (χ3n) is 7.12. The van der Waals surface area contributed by atoms with E-state index < -0.39 is 45.1 Å². The largest absolute Gasteiger partial charge is 0.438 e. The lowest BCUT2D eigenvalue weighted by Crippen LogP contribution is -2.50. The molecule has 40 heavy (non-hydrogen) atoms. The van der Waals surface area contributed by atoms with Crippen molar-refractivity contribution in [3.05, 3.63) is 95.3 Å². The number of aromatic nitrogens is 1. The molecule has 1 aromatic heterocycles. The molecule has 11 heteroatoms. The first kappa shape index (κ1) is 27.8. The molecule has 4 atom stereocenters. The topological polar surface area (TPSA) is 130 Å². The molecule has 2 amide bonds. The number of hydrogen-bond acceptors (Lipinski definition) is 7. The number of hydrogen-bond donors (Lipinski definition) is 2. The second kappa shape index (κ2) is 11.4. The van der Waals surface area contributed by atoms with Crippen molar-refractivity contribution in [2.45, 2.75) is 48.1 Å². The highest BCUT2D eigenvalue weighted by Crippen LogP contribution is 2.31. The van der Waals surface area contributed by atoms with Crippen molar-refractivity contribution in [1.29, 1.82) is 0 Å². The summed E-state index contributed by atoms with van der Waals surface area (Å²) >= 11 is 6.10. The van der Waals surface area contributed by atoms with E-state index in [-0.39, 0.29) is 29.3 Å². The Morgan fingerprint density at radius 3 is 2.52 bits per heavy atom. The summed E-state index contributed by atoms with van der Waals surface area (Å²) in [6.45, 7) is 1.61. The molecule has 1 saturated heterocycles. The zero-order valence-electron chi connectivity index (χ0n) is 21.6. The number of fused-ring (bicyclic) bond motifs is 1. The van der Waals surface area contributed by atoms with Crippen molar-refractivity contribution in [1.82, 2.24) is 15.2 Å². The molecule has 1 aliphatic heterocycles. The summed E-state index contributed by atoms with van der Waals surface area (Å²) < 4.78 is 32.6. The third-order valence-corrected chi connectivity index (χ3v) is 9.50. The van der Waals surface area contributed by atoms with Crippen molar-refractivity contribution >= 4 is 44.4 Å². The minimum atomic E-state index is -3.84. The number of aliphatic hydroxyl groups excluding tert-OH is 1. The molecule has 9 nitrogen and oxygen atoms in total. The summed E-state index contributed by atoms with van der Waals surface area (Å²) in [5.74, 6) is -1.04. The highest BCUT2D eigenvalue weighted by molar-refractivity contribution is 7.92. The normalized spacial score (nSPS) is 18.9. The number of carbonyl (C=O) groups is 2. The maximum absolute atomic E-state index is 13.7. The number of amides is 2. The Labute approximate surface area is 236 Å². The number of nitrogens with zero attached hydrogens (tertiary/aromatic N) is 2. The van der Waals surface area contributed by atoms with Crippen LogP contribution in [0.1, 0.15) is 42.1 Å². The van der Waals surface area contributed by atoms with Gasteiger partial charge in [0.15, 0.2) is 21.5 Å². The number of halogens is 1. The fourth-order valence-corrected chi connectivity index (χ4v) is 6.86. The SMILES string of the molecule is CCC(NC(=O)[C@@H]1C[C@@H](S(=O)(=O)c2ccccc2)CN1C(=O)c1cccc(Cl)c1)C(O)c1nc2ccccc2o1. The third kappa shape index (κ3) is 5.47. The van der Waals surface area contributed by atoms with E-state index in [4.69, 9.17) is 16.0 Å². The summed E-state index contributed by atoms with van der Waals surface area (Å²) in [6, 6.07) is 19.4. The first-order valence-electron chi connectivity index (χ1n) is 12.9. The highest BCUT2D eigenvalue weighted by Gasteiger charge is 2.46. The second-order valence-electron chi connectivity index (χ2n) is 9.69. The quantitative estimate of drug-likeness (QED) is 0.319. The van der Waals surface area contributed by atoms with Crippen LogP contribution in [0.5, 0.6) is 0 Å². The van der Waals surface area contributed by atoms with E-state index in [1.54, 1.807) is 67.6 Å². The molecule has 1 aliphatic rings. The number of para-hydroxylation sites is 2. The molecule has 0 radical (unpaired) electrons. The monoisotopic (exact) mass is 581 g/mol. The van der Waals surface area contributed by atoms with Gasteiger partial charge in [0.25, 0.3) is 5.91 Å². The fourth-order valence-electron chi connectivity index (χ4n) is 4.96. The molecular formula is C29H28ClN3O6S. The summed E-state index contributed by atoms with van der Waals surface area (Å²) in [5.41, 5.74) is 1.31. The van der Waals surface area contributed by atoms with Crippen LogP contribution in [0, 0.1) is 0 Å². The van der Waals surface area contributed by atoms with E-state index in [1.165, 1.54) is 23.1 Å². The fraction of sp³-hybridized carbons (Fsp3) is 0.276. The van der Waals surface area contributed by atoms with E-state index in [1.807, 2.05) is 0 Å². The molecule has 0 spiro atoms. The lowest BCUT2D eigenvalue weighted by Gasteiger charge is -2.27. The van der Waals surface area contributed by atoms with Crippen molar-refractivity contribution in [2.24, 2.45) is 0 Å². The molecule has 2 unspecified atom stereocenters. The maximum atomic E-state index is 13.7. The first-order chi connectivity index (χ1) is 19.2. The van der Waals surface area contributed by atoms with Crippen LogP contribution >= 0.6 is 11.6 Å². The van der Waals surface area contributed by atoms with Crippen molar-refractivity contribution in [3.8, 4) is 0 Å². The van der Waals surface area contributed by atoms with Crippen LogP contribution in [0.3, 0.4) is 0 Å². The Hall–Kier alpha value is -3.73. The van der Waals surface area contributed by atoms with Crippen LogP contribution in [0.2, 0.25) is 5.02 Å². The lowest BCUT2D eigenvalue weighted by molar-refractivity contribution is -0.126.